The molecule has 3 aromatic heterocycles. The number of fused-ring (bicyclic) bond motifs is 2. The molecule has 1 aliphatic rings. The van der Waals surface area contributed by atoms with Crippen molar-refractivity contribution in [2.75, 3.05) is 5.73 Å². The third kappa shape index (κ3) is 2.00. The molecule has 26 heavy (non-hydrogen) atoms. The number of hydrogen-bond donors (Lipinski definition) is 2. The molecule has 0 amide bonds. The van der Waals surface area contributed by atoms with Crippen LogP contribution in [0.4, 0.5) is 10.1 Å². The number of nitrogens with zero attached hydrogens (tertiary/aromatic N) is 4. The van der Waals surface area contributed by atoms with Gasteiger partial charge in [0.2, 0.25) is 11.8 Å². The Morgan fingerprint density at radius 2 is 2.00 bits per heavy atom. The molecule has 0 spiro atoms. The minimum absolute atomic E-state index is 0.131. The Balaban J connectivity index is 1.84. The zero-order valence-corrected chi connectivity index (χ0v) is 13.9. The standard InChI is InChI=1S/C19H16FN5O/c20-18-17(22-7-8-23-18)12-6-2-5-11-15(21)14-13(24-16(11)12)9-25(19(14)26)10-3-1-4-10/h2,5-10,26H,1,3-4,21H2. The van der Waals surface area contributed by atoms with E-state index in [1.54, 1.807) is 12.1 Å². The van der Waals surface area contributed by atoms with E-state index in [1.807, 2.05) is 16.8 Å². The van der Waals surface area contributed by atoms with Crippen molar-refractivity contribution < 1.29 is 9.50 Å². The normalized spacial score (nSPS) is 14.8. The Bertz CT molecular complexity index is 1170. The first kappa shape index (κ1) is 15.1. The monoisotopic (exact) mass is 349 g/mol. The minimum Gasteiger partial charge on any atom is -0.494 e. The van der Waals surface area contributed by atoms with Gasteiger partial charge in [-0.25, -0.2) is 15.0 Å². The Morgan fingerprint density at radius 3 is 2.73 bits per heavy atom. The number of para-hydroxylation sites is 1. The van der Waals surface area contributed by atoms with Gasteiger partial charge >= 0.3 is 0 Å². The van der Waals surface area contributed by atoms with Gasteiger partial charge in [-0.15, -0.1) is 0 Å². The van der Waals surface area contributed by atoms with Gasteiger partial charge in [0.05, 0.1) is 22.1 Å². The predicted octanol–water partition coefficient (Wildman–Crippen LogP) is 3.80. The maximum atomic E-state index is 14.2. The summed E-state index contributed by atoms with van der Waals surface area (Å²) in [6, 6.07) is 5.62. The molecule has 1 saturated carbocycles. The van der Waals surface area contributed by atoms with Crippen LogP contribution in [0, 0.1) is 5.95 Å². The topological polar surface area (TPSA) is 89.9 Å². The maximum absolute atomic E-state index is 14.2. The highest BCUT2D eigenvalue weighted by molar-refractivity contribution is 6.11. The number of nitrogens with two attached hydrogens (primary N) is 1. The van der Waals surface area contributed by atoms with Gasteiger partial charge in [0.1, 0.15) is 5.69 Å². The summed E-state index contributed by atoms with van der Waals surface area (Å²) in [4.78, 5) is 12.5. The van der Waals surface area contributed by atoms with Crippen molar-refractivity contribution in [3.05, 3.63) is 42.7 Å². The summed E-state index contributed by atoms with van der Waals surface area (Å²) >= 11 is 0. The lowest BCUT2D eigenvalue weighted by atomic mass is 9.93. The van der Waals surface area contributed by atoms with Gasteiger partial charge in [-0.05, 0) is 19.3 Å². The van der Waals surface area contributed by atoms with E-state index in [0.717, 1.165) is 19.3 Å². The van der Waals surface area contributed by atoms with Crippen molar-refractivity contribution in [1.82, 2.24) is 19.5 Å². The van der Waals surface area contributed by atoms with Crippen LogP contribution in [0.2, 0.25) is 0 Å². The fourth-order valence-electron chi connectivity index (χ4n) is 3.62. The van der Waals surface area contributed by atoms with E-state index in [4.69, 9.17) is 5.73 Å². The molecule has 0 bridgehead atoms. The first-order valence-corrected chi connectivity index (χ1v) is 8.53. The van der Waals surface area contributed by atoms with E-state index in [-0.39, 0.29) is 17.6 Å². The van der Waals surface area contributed by atoms with Crippen LogP contribution in [0.15, 0.2) is 36.8 Å². The van der Waals surface area contributed by atoms with Gasteiger partial charge in [0, 0.05) is 35.6 Å². The fourth-order valence-corrected chi connectivity index (χ4v) is 3.62. The number of pyridine rings is 1. The first-order chi connectivity index (χ1) is 12.6. The number of nitrogen functional groups attached to an aromatic ring is 1. The van der Waals surface area contributed by atoms with Gasteiger partial charge in [-0.2, -0.15) is 4.39 Å². The number of rotatable bonds is 2. The van der Waals surface area contributed by atoms with E-state index in [9.17, 15) is 9.50 Å². The smallest absolute Gasteiger partial charge is 0.239 e. The van der Waals surface area contributed by atoms with Crippen LogP contribution < -0.4 is 5.73 Å². The lowest BCUT2D eigenvalue weighted by Crippen LogP contribution is -2.15. The summed E-state index contributed by atoms with van der Waals surface area (Å²) in [6.45, 7) is 0. The SMILES string of the molecule is Nc1c2cccc(-c3nccnc3F)c2nc2cn(C3CCC3)c(O)c12. The summed E-state index contributed by atoms with van der Waals surface area (Å²) in [5, 5.41) is 11.9. The molecule has 1 fully saturated rings. The first-order valence-electron chi connectivity index (χ1n) is 8.53. The fraction of sp³-hybridized carbons (Fsp3) is 0.211. The highest BCUT2D eigenvalue weighted by atomic mass is 19.1. The molecule has 7 heteroatoms. The summed E-state index contributed by atoms with van der Waals surface area (Å²) in [6.07, 6.45) is 7.79. The second kappa shape index (κ2) is 5.39. The van der Waals surface area contributed by atoms with Gasteiger partial charge in [-0.3, -0.25) is 0 Å². The van der Waals surface area contributed by atoms with E-state index in [1.165, 1.54) is 12.4 Å². The second-order valence-electron chi connectivity index (χ2n) is 6.63. The molecule has 3 N–H and O–H groups in total. The third-order valence-corrected chi connectivity index (χ3v) is 5.19. The zero-order chi connectivity index (χ0) is 17.8. The molecular weight excluding hydrogens is 333 g/mol. The zero-order valence-electron chi connectivity index (χ0n) is 13.9. The largest absolute Gasteiger partial charge is 0.494 e. The molecule has 0 aliphatic heterocycles. The van der Waals surface area contributed by atoms with Crippen molar-refractivity contribution in [2.45, 2.75) is 25.3 Å². The molecule has 3 heterocycles. The number of benzene rings is 1. The van der Waals surface area contributed by atoms with E-state index < -0.39 is 5.95 Å². The molecule has 6 nitrogen and oxygen atoms in total. The van der Waals surface area contributed by atoms with Gasteiger partial charge < -0.3 is 15.4 Å². The van der Waals surface area contributed by atoms with Gasteiger partial charge in [0.25, 0.3) is 0 Å². The van der Waals surface area contributed by atoms with Gasteiger partial charge in [-0.1, -0.05) is 18.2 Å². The summed E-state index contributed by atoms with van der Waals surface area (Å²) in [7, 11) is 0. The van der Waals surface area contributed by atoms with Crippen LogP contribution in [-0.2, 0) is 0 Å². The lowest BCUT2D eigenvalue weighted by molar-refractivity contribution is 0.283. The van der Waals surface area contributed by atoms with Crippen LogP contribution in [0.3, 0.4) is 0 Å². The quantitative estimate of drug-likeness (QED) is 0.574. The number of hydrogen-bond acceptors (Lipinski definition) is 5. The second-order valence-corrected chi connectivity index (χ2v) is 6.63. The van der Waals surface area contributed by atoms with Crippen LogP contribution in [0.25, 0.3) is 33.1 Å². The molecule has 0 unspecified atom stereocenters. The van der Waals surface area contributed by atoms with E-state index in [2.05, 4.69) is 15.0 Å². The Labute approximate surface area is 148 Å². The van der Waals surface area contributed by atoms with Crippen molar-refractivity contribution in [1.29, 1.82) is 0 Å². The van der Waals surface area contributed by atoms with Crippen LogP contribution in [0.5, 0.6) is 5.88 Å². The average Bonchev–Trinajstić information content (AvgIpc) is 2.91. The molecule has 1 aliphatic carbocycles. The predicted molar refractivity (Wildman–Crippen MR) is 97.2 cm³/mol. The number of aromatic nitrogens is 4. The van der Waals surface area contributed by atoms with E-state index >= 15 is 0 Å². The Hall–Kier alpha value is -3.22. The molecule has 4 aromatic rings. The average molecular weight is 349 g/mol. The van der Waals surface area contributed by atoms with Crippen molar-refractivity contribution >= 4 is 27.5 Å². The highest BCUT2D eigenvalue weighted by Crippen LogP contribution is 2.43. The Morgan fingerprint density at radius 1 is 1.19 bits per heavy atom. The molecule has 0 radical (unpaired) electrons. The van der Waals surface area contributed by atoms with Crippen LogP contribution in [-0.4, -0.2) is 24.6 Å². The van der Waals surface area contributed by atoms with Crippen molar-refractivity contribution in [3.63, 3.8) is 0 Å². The number of anilines is 1. The van der Waals surface area contributed by atoms with Crippen molar-refractivity contribution in [3.8, 4) is 17.1 Å². The maximum Gasteiger partial charge on any atom is 0.239 e. The molecular formula is C19H16FN5O. The molecule has 1 aromatic carbocycles. The Kier molecular flexibility index (Phi) is 3.12. The number of halogens is 1. The van der Waals surface area contributed by atoms with Gasteiger partial charge in [0.15, 0.2) is 0 Å². The molecule has 0 atom stereocenters. The minimum atomic E-state index is -0.657. The lowest BCUT2D eigenvalue weighted by Gasteiger charge is -2.27. The molecule has 0 saturated heterocycles. The van der Waals surface area contributed by atoms with Crippen LogP contribution >= 0.6 is 0 Å². The summed E-state index contributed by atoms with van der Waals surface area (Å²) in [5.74, 6) is -0.511. The molecule has 5 rings (SSSR count). The summed E-state index contributed by atoms with van der Waals surface area (Å²) < 4.78 is 16.0. The van der Waals surface area contributed by atoms with E-state index in [0.29, 0.717) is 33.1 Å². The van der Waals surface area contributed by atoms with Crippen molar-refractivity contribution in [2.24, 2.45) is 0 Å². The number of aromatic hydroxyl groups is 1. The third-order valence-electron chi connectivity index (χ3n) is 5.19. The van der Waals surface area contributed by atoms with Crippen LogP contribution in [0.1, 0.15) is 25.3 Å². The highest BCUT2D eigenvalue weighted by Gasteiger charge is 2.25. The molecule has 130 valence electrons. The summed E-state index contributed by atoms with van der Waals surface area (Å²) in [5.41, 5.74) is 8.60.